The molecule has 10 heteroatoms. The van der Waals surface area contributed by atoms with E-state index in [1.54, 1.807) is 19.9 Å². The summed E-state index contributed by atoms with van der Waals surface area (Å²) in [5.41, 5.74) is 6.48. The van der Waals surface area contributed by atoms with Crippen molar-refractivity contribution >= 4 is 24.1 Å². The Kier molecular flexibility index (Phi) is 11.2. The minimum Gasteiger partial charge on any atom is -0.458 e. The monoisotopic (exact) mass is 453 g/mol. The number of carbonyl (C=O) groups is 4. The summed E-state index contributed by atoms with van der Waals surface area (Å²) in [5.74, 6) is -1.78. The molecule has 0 fully saturated rings. The molecule has 0 bridgehead atoms. The Morgan fingerprint density at radius 1 is 0.938 bits per heavy atom. The van der Waals surface area contributed by atoms with Gasteiger partial charge in [-0.3, -0.25) is 14.4 Å². The molecule has 0 radical (unpaired) electrons. The summed E-state index contributed by atoms with van der Waals surface area (Å²) < 4.78 is 25.3. The highest BCUT2D eigenvalue weighted by molar-refractivity contribution is 5.76. The van der Waals surface area contributed by atoms with E-state index in [0.717, 1.165) is 12.8 Å². The highest BCUT2D eigenvalue weighted by Crippen LogP contribution is 2.29. The van der Waals surface area contributed by atoms with Gasteiger partial charge in [-0.1, -0.05) is 19.4 Å². The van der Waals surface area contributed by atoms with Crippen LogP contribution in [0, 0.1) is 0 Å². The molecule has 1 aromatic rings. The highest BCUT2D eigenvalue weighted by Gasteiger charge is 2.21. The van der Waals surface area contributed by atoms with Gasteiger partial charge in [-0.05, 0) is 44.4 Å². The Bertz CT molecular complexity index is 809. The van der Waals surface area contributed by atoms with Crippen LogP contribution in [0.15, 0.2) is 18.2 Å². The van der Waals surface area contributed by atoms with E-state index < -0.39 is 36.2 Å². The first-order valence-corrected chi connectivity index (χ1v) is 10.3. The number of nitrogens with two attached hydrogens (primary N) is 1. The maximum absolute atomic E-state index is 12.3. The van der Waals surface area contributed by atoms with Crippen LogP contribution in [0.1, 0.15) is 53.0 Å². The molecular weight excluding hydrogens is 422 g/mol. The van der Waals surface area contributed by atoms with Crippen molar-refractivity contribution in [2.75, 3.05) is 6.61 Å². The summed E-state index contributed by atoms with van der Waals surface area (Å²) in [6.45, 7) is 7.54. The van der Waals surface area contributed by atoms with Crippen molar-refractivity contribution in [2.45, 2.75) is 72.1 Å². The molecule has 0 spiro atoms. The predicted molar refractivity (Wildman–Crippen MR) is 113 cm³/mol. The number of carbonyl (C=O) groups excluding carboxylic acids is 4. The van der Waals surface area contributed by atoms with Crippen molar-refractivity contribution in [3.05, 3.63) is 23.8 Å². The molecule has 10 nitrogen and oxygen atoms in total. The van der Waals surface area contributed by atoms with E-state index in [9.17, 15) is 19.2 Å². The zero-order chi connectivity index (χ0) is 24.3. The first-order valence-electron chi connectivity index (χ1n) is 10.3. The minimum absolute atomic E-state index is 0.0309. The third-order valence-electron chi connectivity index (χ3n) is 4.02. The minimum atomic E-state index is -1.03. The maximum atomic E-state index is 12.3. The Labute approximate surface area is 187 Å². The third-order valence-corrected chi connectivity index (χ3v) is 4.02. The fraction of sp³-hybridized carbons (Fsp3) is 0.545. The molecule has 0 aromatic heterocycles. The van der Waals surface area contributed by atoms with Crippen molar-refractivity contribution < 1.29 is 42.9 Å². The van der Waals surface area contributed by atoms with Gasteiger partial charge in [-0.15, -0.1) is 0 Å². The van der Waals surface area contributed by atoms with E-state index in [2.05, 4.69) is 0 Å². The lowest BCUT2D eigenvalue weighted by Gasteiger charge is -2.18. The zero-order valence-electron chi connectivity index (χ0n) is 19.0. The van der Waals surface area contributed by atoms with Crippen molar-refractivity contribution in [3.63, 3.8) is 0 Å². The fourth-order valence-corrected chi connectivity index (χ4v) is 2.66. The van der Waals surface area contributed by atoms with Crippen LogP contribution >= 0.6 is 0 Å². The average Bonchev–Trinajstić information content (AvgIpc) is 2.67. The van der Waals surface area contributed by atoms with Gasteiger partial charge in [-0.25, -0.2) is 4.79 Å². The largest absolute Gasteiger partial charge is 0.508 e. The zero-order valence-corrected chi connectivity index (χ0v) is 19.0. The molecular formula is C22H31NO9. The Morgan fingerprint density at radius 3 is 2.16 bits per heavy atom. The van der Waals surface area contributed by atoms with Gasteiger partial charge in [-0.2, -0.15) is 0 Å². The van der Waals surface area contributed by atoms with Gasteiger partial charge in [0.1, 0.15) is 24.9 Å². The lowest BCUT2D eigenvalue weighted by Crippen LogP contribution is -2.37. The van der Waals surface area contributed by atoms with Gasteiger partial charge in [0.2, 0.25) is 0 Å². The Morgan fingerprint density at radius 2 is 1.56 bits per heavy atom. The number of benzene rings is 1. The number of esters is 3. The van der Waals surface area contributed by atoms with E-state index >= 15 is 0 Å². The number of rotatable bonds is 11. The molecule has 32 heavy (non-hydrogen) atoms. The SMILES string of the molecule is CCCC(C)OC(=O)OC[C@H](C)OC(=O)[C@@H](N)Cc1ccc(OC(C)=O)c(OC(C)=O)c1. The fourth-order valence-electron chi connectivity index (χ4n) is 2.66. The lowest BCUT2D eigenvalue weighted by atomic mass is 10.1. The molecule has 0 heterocycles. The molecule has 0 aliphatic heterocycles. The van der Waals surface area contributed by atoms with E-state index in [4.69, 9.17) is 29.4 Å². The molecule has 3 atom stereocenters. The standard InChI is InChI=1S/C22H31NO9/c1-6-7-13(2)30-22(27)28-12-14(3)29-21(26)18(23)10-17-8-9-19(31-15(4)24)20(11-17)32-16(5)25/h8-9,11,13-14,18H,6-7,10,12,23H2,1-5H3/t13?,14-,18-/m0/s1. The molecule has 1 rings (SSSR count). The van der Waals surface area contributed by atoms with E-state index in [0.29, 0.717) is 5.56 Å². The van der Waals surface area contributed by atoms with Crippen LogP contribution < -0.4 is 15.2 Å². The predicted octanol–water partition coefficient (Wildman–Crippen LogP) is 2.68. The van der Waals surface area contributed by atoms with Gasteiger partial charge in [0.25, 0.3) is 0 Å². The van der Waals surface area contributed by atoms with Crippen LogP contribution in [0.4, 0.5) is 4.79 Å². The lowest BCUT2D eigenvalue weighted by molar-refractivity contribution is -0.152. The van der Waals surface area contributed by atoms with Crippen molar-refractivity contribution in [1.82, 2.24) is 0 Å². The van der Waals surface area contributed by atoms with Gasteiger partial charge in [0.15, 0.2) is 11.5 Å². The molecule has 0 saturated carbocycles. The molecule has 0 aliphatic carbocycles. The van der Waals surface area contributed by atoms with Crippen LogP contribution in [0.2, 0.25) is 0 Å². The highest BCUT2D eigenvalue weighted by atomic mass is 16.7. The number of hydrogen-bond acceptors (Lipinski definition) is 10. The normalized spacial score (nSPS) is 13.3. The summed E-state index contributed by atoms with van der Waals surface area (Å²) in [6, 6.07) is 3.44. The van der Waals surface area contributed by atoms with Crippen molar-refractivity contribution in [1.29, 1.82) is 0 Å². The van der Waals surface area contributed by atoms with Crippen LogP contribution in [0.5, 0.6) is 11.5 Å². The van der Waals surface area contributed by atoms with Gasteiger partial charge in [0.05, 0.1) is 0 Å². The molecule has 0 aliphatic rings. The van der Waals surface area contributed by atoms with Crippen LogP contribution in [-0.2, 0) is 35.0 Å². The Hall–Kier alpha value is -3.14. The van der Waals surface area contributed by atoms with Crippen LogP contribution in [0.25, 0.3) is 0 Å². The van der Waals surface area contributed by atoms with Crippen LogP contribution in [0.3, 0.4) is 0 Å². The topological polar surface area (TPSA) is 140 Å². The molecule has 178 valence electrons. The molecule has 1 unspecified atom stereocenters. The van der Waals surface area contributed by atoms with Gasteiger partial charge >= 0.3 is 24.1 Å². The van der Waals surface area contributed by atoms with Crippen molar-refractivity contribution in [2.24, 2.45) is 5.73 Å². The first kappa shape index (κ1) is 26.9. The second-order valence-electron chi connectivity index (χ2n) is 7.30. The first-order chi connectivity index (χ1) is 15.0. The third kappa shape index (κ3) is 10.3. The number of hydrogen-bond donors (Lipinski definition) is 1. The second-order valence-corrected chi connectivity index (χ2v) is 7.30. The van der Waals surface area contributed by atoms with Crippen molar-refractivity contribution in [3.8, 4) is 11.5 Å². The van der Waals surface area contributed by atoms with E-state index in [1.807, 2.05) is 6.92 Å². The van der Waals surface area contributed by atoms with Gasteiger partial charge < -0.3 is 29.4 Å². The maximum Gasteiger partial charge on any atom is 0.508 e. The quantitative estimate of drug-likeness (QED) is 0.393. The smallest absolute Gasteiger partial charge is 0.458 e. The van der Waals surface area contributed by atoms with Gasteiger partial charge in [0, 0.05) is 13.8 Å². The molecule has 0 amide bonds. The summed E-state index contributed by atoms with van der Waals surface area (Å²) in [6.07, 6.45) is -0.167. The number of ether oxygens (including phenoxy) is 5. The Balaban J connectivity index is 2.62. The molecule has 1 aromatic carbocycles. The summed E-state index contributed by atoms with van der Waals surface area (Å²) in [4.78, 5) is 46.4. The van der Waals surface area contributed by atoms with E-state index in [-0.39, 0.29) is 30.6 Å². The molecule has 2 N–H and O–H groups in total. The second kappa shape index (κ2) is 13.3. The van der Waals surface area contributed by atoms with E-state index in [1.165, 1.54) is 26.0 Å². The summed E-state index contributed by atoms with van der Waals surface area (Å²) in [7, 11) is 0. The van der Waals surface area contributed by atoms with Crippen LogP contribution in [-0.4, -0.2) is 48.9 Å². The summed E-state index contributed by atoms with van der Waals surface area (Å²) >= 11 is 0. The summed E-state index contributed by atoms with van der Waals surface area (Å²) in [5, 5.41) is 0. The average molecular weight is 453 g/mol. The molecule has 0 saturated heterocycles.